The smallest absolute Gasteiger partial charge is 0.229 e. The maximum absolute atomic E-state index is 11.6. The molecule has 0 saturated carbocycles. The van der Waals surface area contributed by atoms with E-state index in [2.05, 4.69) is 4.98 Å². The Morgan fingerprint density at radius 3 is 3.12 bits per heavy atom. The third-order valence-corrected chi connectivity index (χ3v) is 2.67. The topological polar surface area (TPSA) is 42.4 Å². The summed E-state index contributed by atoms with van der Waals surface area (Å²) in [6.07, 6.45) is 2.01. The lowest BCUT2D eigenvalue weighted by molar-refractivity contribution is -0.117. The molecule has 0 N–H and O–H groups in total. The summed E-state index contributed by atoms with van der Waals surface area (Å²) in [4.78, 5) is 17.4. The van der Waals surface area contributed by atoms with E-state index in [4.69, 9.17) is 16.3 Å². The predicted molar refractivity (Wildman–Crippen MR) is 62.0 cm³/mol. The highest BCUT2D eigenvalue weighted by molar-refractivity contribution is 6.24. The largest absolute Gasteiger partial charge is 0.494 e. The Balaban J connectivity index is 2.20. The van der Waals surface area contributed by atoms with Crippen LogP contribution < -0.4 is 9.64 Å². The first-order valence-electron chi connectivity index (χ1n) is 5.24. The number of carbonyl (C=O) groups excluding carboxylic acids is 1. The maximum atomic E-state index is 11.6. The average molecular weight is 241 g/mol. The minimum Gasteiger partial charge on any atom is -0.494 e. The van der Waals surface area contributed by atoms with Gasteiger partial charge in [-0.3, -0.25) is 9.69 Å². The zero-order valence-corrected chi connectivity index (χ0v) is 9.78. The van der Waals surface area contributed by atoms with Gasteiger partial charge in [0.15, 0.2) is 0 Å². The van der Waals surface area contributed by atoms with Crippen molar-refractivity contribution in [3.8, 4) is 5.75 Å². The SMILES string of the molecule is CCOc1ccnc(N2CC(Cl)CC2=O)c1. The minimum atomic E-state index is -0.120. The highest BCUT2D eigenvalue weighted by Gasteiger charge is 2.29. The number of alkyl halides is 1. The number of halogens is 1. The molecule has 1 fully saturated rings. The number of aromatic nitrogens is 1. The van der Waals surface area contributed by atoms with Gasteiger partial charge in [0.1, 0.15) is 11.6 Å². The van der Waals surface area contributed by atoms with Gasteiger partial charge in [-0.15, -0.1) is 11.6 Å². The van der Waals surface area contributed by atoms with Crippen LogP contribution in [0, 0.1) is 0 Å². The number of carbonyl (C=O) groups is 1. The van der Waals surface area contributed by atoms with Gasteiger partial charge in [0.25, 0.3) is 0 Å². The van der Waals surface area contributed by atoms with E-state index in [0.29, 0.717) is 25.4 Å². The molecule has 0 bridgehead atoms. The number of pyridine rings is 1. The van der Waals surface area contributed by atoms with Crippen LogP contribution >= 0.6 is 11.6 Å². The molecule has 1 amide bonds. The Morgan fingerprint density at radius 2 is 2.50 bits per heavy atom. The van der Waals surface area contributed by atoms with E-state index in [9.17, 15) is 4.79 Å². The molecular weight excluding hydrogens is 228 g/mol. The normalized spacial score (nSPS) is 20.2. The molecule has 1 aliphatic heterocycles. The molecule has 0 spiro atoms. The number of hydrogen-bond donors (Lipinski definition) is 0. The third kappa shape index (κ3) is 2.27. The average Bonchev–Trinajstić information content (AvgIpc) is 2.59. The van der Waals surface area contributed by atoms with Gasteiger partial charge < -0.3 is 4.74 Å². The molecule has 1 aliphatic rings. The molecule has 1 aromatic heterocycles. The lowest BCUT2D eigenvalue weighted by atomic mass is 10.4. The summed E-state index contributed by atoms with van der Waals surface area (Å²) in [6, 6.07) is 3.53. The molecule has 2 heterocycles. The van der Waals surface area contributed by atoms with Crippen LogP contribution in [0.3, 0.4) is 0 Å². The summed E-state index contributed by atoms with van der Waals surface area (Å²) in [6.45, 7) is 3.02. The number of amides is 1. The first-order valence-corrected chi connectivity index (χ1v) is 5.67. The van der Waals surface area contributed by atoms with Crippen LogP contribution in [0.1, 0.15) is 13.3 Å². The van der Waals surface area contributed by atoms with Crippen LogP contribution in [0.2, 0.25) is 0 Å². The Hall–Kier alpha value is -1.29. The van der Waals surface area contributed by atoms with E-state index in [0.717, 1.165) is 5.75 Å². The highest BCUT2D eigenvalue weighted by Crippen LogP contribution is 2.25. The van der Waals surface area contributed by atoms with Gasteiger partial charge in [-0.05, 0) is 13.0 Å². The van der Waals surface area contributed by atoms with Crippen LogP contribution in [0.25, 0.3) is 0 Å². The van der Waals surface area contributed by atoms with Crippen LogP contribution in [-0.4, -0.2) is 29.4 Å². The first kappa shape index (κ1) is 11.2. The summed E-state index contributed by atoms with van der Waals surface area (Å²) < 4.78 is 5.36. The van der Waals surface area contributed by atoms with Crippen molar-refractivity contribution in [2.45, 2.75) is 18.7 Å². The van der Waals surface area contributed by atoms with Crippen molar-refractivity contribution in [3.63, 3.8) is 0 Å². The molecule has 0 aromatic carbocycles. The van der Waals surface area contributed by atoms with Crippen LogP contribution in [0.4, 0.5) is 5.82 Å². The van der Waals surface area contributed by atoms with Crippen molar-refractivity contribution in [2.75, 3.05) is 18.1 Å². The van der Waals surface area contributed by atoms with Crippen molar-refractivity contribution in [1.82, 2.24) is 4.98 Å². The highest BCUT2D eigenvalue weighted by atomic mass is 35.5. The van der Waals surface area contributed by atoms with Crippen LogP contribution in [-0.2, 0) is 4.79 Å². The van der Waals surface area contributed by atoms with Crippen molar-refractivity contribution in [3.05, 3.63) is 18.3 Å². The molecule has 4 nitrogen and oxygen atoms in total. The van der Waals surface area contributed by atoms with E-state index in [1.54, 1.807) is 23.2 Å². The number of rotatable bonds is 3. The van der Waals surface area contributed by atoms with Crippen LogP contribution in [0.5, 0.6) is 5.75 Å². The lowest BCUT2D eigenvalue weighted by Crippen LogP contribution is -2.25. The second-order valence-corrected chi connectivity index (χ2v) is 4.21. The second kappa shape index (κ2) is 4.70. The lowest BCUT2D eigenvalue weighted by Gasteiger charge is -2.15. The van der Waals surface area contributed by atoms with Gasteiger partial charge >= 0.3 is 0 Å². The Morgan fingerprint density at radius 1 is 1.69 bits per heavy atom. The molecular formula is C11H13ClN2O2. The third-order valence-electron chi connectivity index (χ3n) is 2.38. The standard InChI is InChI=1S/C11H13ClN2O2/c1-2-16-9-3-4-13-10(6-9)14-7-8(12)5-11(14)15/h3-4,6,8H,2,5,7H2,1H3. The fourth-order valence-electron chi connectivity index (χ4n) is 1.69. The molecule has 0 aliphatic carbocycles. The van der Waals surface area contributed by atoms with Crippen molar-refractivity contribution >= 4 is 23.3 Å². The molecule has 1 saturated heterocycles. The van der Waals surface area contributed by atoms with Crippen molar-refractivity contribution in [2.24, 2.45) is 0 Å². The predicted octanol–water partition coefficient (Wildman–Crippen LogP) is 1.82. The zero-order chi connectivity index (χ0) is 11.5. The number of hydrogen-bond acceptors (Lipinski definition) is 3. The zero-order valence-electron chi connectivity index (χ0n) is 9.02. The summed E-state index contributed by atoms with van der Waals surface area (Å²) in [5.41, 5.74) is 0. The van der Waals surface area contributed by atoms with Gasteiger partial charge in [-0.25, -0.2) is 4.98 Å². The molecule has 2 rings (SSSR count). The summed E-state index contributed by atoms with van der Waals surface area (Å²) in [5.74, 6) is 1.35. The molecule has 1 atom stereocenters. The van der Waals surface area contributed by atoms with E-state index in [-0.39, 0.29) is 11.3 Å². The van der Waals surface area contributed by atoms with Gasteiger partial charge in [0.2, 0.25) is 5.91 Å². The summed E-state index contributed by atoms with van der Waals surface area (Å²) in [7, 11) is 0. The second-order valence-electron chi connectivity index (χ2n) is 3.59. The molecule has 1 unspecified atom stereocenters. The molecule has 1 aromatic rings. The van der Waals surface area contributed by atoms with Crippen molar-refractivity contribution < 1.29 is 9.53 Å². The number of ether oxygens (including phenoxy) is 1. The van der Waals surface area contributed by atoms with Crippen LogP contribution in [0.15, 0.2) is 18.3 Å². The fraction of sp³-hybridized carbons (Fsp3) is 0.455. The first-order chi connectivity index (χ1) is 7.70. The molecule has 16 heavy (non-hydrogen) atoms. The monoisotopic (exact) mass is 240 g/mol. The van der Waals surface area contributed by atoms with Gasteiger partial charge in [-0.1, -0.05) is 0 Å². The fourth-order valence-corrected chi connectivity index (χ4v) is 1.96. The summed E-state index contributed by atoms with van der Waals surface area (Å²) in [5, 5.41) is -0.120. The van der Waals surface area contributed by atoms with Gasteiger partial charge in [0.05, 0.1) is 12.0 Å². The molecule has 0 radical (unpaired) electrons. The van der Waals surface area contributed by atoms with Gasteiger partial charge in [0, 0.05) is 25.2 Å². The van der Waals surface area contributed by atoms with Gasteiger partial charge in [-0.2, -0.15) is 0 Å². The minimum absolute atomic E-state index is 0.0150. The van der Waals surface area contributed by atoms with Crippen molar-refractivity contribution in [1.29, 1.82) is 0 Å². The van der Waals surface area contributed by atoms with E-state index in [1.807, 2.05) is 6.92 Å². The Bertz CT molecular complexity index is 397. The van der Waals surface area contributed by atoms with E-state index < -0.39 is 0 Å². The van der Waals surface area contributed by atoms with E-state index in [1.165, 1.54) is 0 Å². The summed E-state index contributed by atoms with van der Waals surface area (Å²) >= 11 is 5.93. The Kier molecular flexibility index (Phi) is 3.29. The Labute approximate surface area is 99.2 Å². The van der Waals surface area contributed by atoms with E-state index >= 15 is 0 Å². The molecule has 5 heteroatoms. The molecule has 86 valence electrons. The quantitative estimate of drug-likeness (QED) is 0.757. The number of nitrogens with zero attached hydrogens (tertiary/aromatic N) is 2. The number of anilines is 1. The maximum Gasteiger partial charge on any atom is 0.229 e.